The highest BCUT2D eigenvalue weighted by Gasteiger charge is 2.22. The molecule has 0 atom stereocenters. The largest absolute Gasteiger partial charge is 0.205 e. The topological polar surface area (TPSA) is 0 Å². The van der Waals surface area contributed by atoms with Gasteiger partial charge in [-0.1, -0.05) is 126 Å². The molecular weight excluding hydrogens is 475 g/mol. The number of aryl methyl sites for hydroxylation is 1. The van der Waals surface area contributed by atoms with E-state index in [4.69, 9.17) is 0 Å². The molecule has 0 aromatic heterocycles. The van der Waals surface area contributed by atoms with Crippen LogP contribution in [0.5, 0.6) is 0 Å². The maximum absolute atomic E-state index is 15.3. The lowest BCUT2D eigenvalue weighted by Crippen LogP contribution is -2.13. The summed E-state index contributed by atoms with van der Waals surface area (Å²) < 4.78 is 15.3. The quantitative estimate of drug-likeness (QED) is 0.154. The number of fused-ring (bicyclic) bond motifs is 1. The lowest BCUT2D eigenvalue weighted by Gasteiger charge is -2.29. The van der Waals surface area contributed by atoms with Crippen LogP contribution in [0.3, 0.4) is 0 Å². The van der Waals surface area contributed by atoms with Crippen LogP contribution in [0.25, 0.3) is 10.8 Å². The van der Waals surface area contributed by atoms with Crippen LogP contribution in [-0.4, -0.2) is 0 Å². The fourth-order valence-corrected chi connectivity index (χ4v) is 6.33. The van der Waals surface area contributed by atoms with E-state index in [1.165, 1.54) is 107 Å². The van der Waals surface area contributed by atoms with Gasteiger partial charge < -0.3 is 0 Å². The molecule has 0 spiro atoms. The van der Waals surface area contributed by atoms with Crippen LogP contribution in [0.15, 0.2) is 54.6 Å². The zero-order valence-electron chi connectivity index (χ0n) is 24.5. The summed E-state index contributed by atoms with van der Waals surface area (Å²) >= 11 is 0. The molecular formula is C38H49F. The van der Waals surface area contributed by atoms with Gasteiger partial charge in [0.15, 0.2) is 0 Å². The minimum absolute atomic E-state index is 0.201. The molecule has 1 fully saturated rings. The molecule has 0 nitrogen and oxygen atoms in total. The highest BCUT2D eigenvalue weighted by atomic mass is 19.1. The Balaban J connectivity index is 1.30. The first-order valence-corrected chi connectivity index (χ1v) is 16.0. The smallest absolute Gasteiger partial charge is 0.146 e. The van der Waals surface area contributed by atoms with Gasteiger partial charge in [0.05, 0.1) is 5.56 Å². The third-order valence-corrected chi connectivity index (χ3v) is 8.87. The molecule has 0 N–H and O–H groups in total. The fraction of sp³-hybridized carbons (Fsp3) is 0.526. The average Bonchev–Trinajstić information content (AvgIpc) is 2.97. The van der Waals surface area contributed by atoms with E-state index in [0.29, 0.717) is 16.9 Å². The number of benzene rings is 3. The summed E-state index contributed by atoms with van der Waals surface area (Å²) in [6, 6.07) is 18.8. The second-order valence-corrected chi connectivity index (χ2v) is 11.9. The molecule has 1 heteroatoms. The standard InChI is InChI=1S/C38H49F/c1-3-5-7-9-11-13-30-15-21-33(22-16-30)34-23-17-31(18-24-34)19-25-35-26-27-36-29-32(14-12-10-8-6-4-2)20-28-37(36)38(35)39/h17-18,20,23-24,26-30,33H,3-16,21-22H2,1-2H3. The molecule has 0 radical (unpaired) electrons. The van der Waals surface area contributed by atoms with Gasteiger partial charge >= 0.3 is 0 Å². The van der Waals surface area contributed by atoms with Crippen LogP contribution in [0.2, 0.25) is 0 Å². The fourth-order valence-electron chi connectivity index (χ4n) is 6.33. The van der Waals surface area contributed by atoms with Crippen molar-refractivity contribution in [2.45, 2.75) is 122 Å². The van der Waals surface area contributed by atoms with E-state index >= 15 is 4.39 Å². The van der Waals surface area contributed by atoms with Gasteiger partial charge in [-0.25, -0.2) is 4.39 Å². The molecule has 0 aliphatic heterocycles. The zero-order chi connectivity index (χ0) is 27.3. The predicted molar refractivity (Wildman–Crippen MR) is 167 cm³/mol. The summed E-state index contributed by atoms with van der Waals surface area (Å²) in [6.07, 6.45) is 21.2. The Hall–Kier alpha value is -2.59. The molecule has 0 amide bonds. The van der Waals surface area contributed by atoms with Crippen molar-refractivity contribution in [2.24, 2.45) is 5.92 Å². The Morgan fingerprint density at radius 3 is 2.10 bits per heavy atom. The van der Waals surface area contributed by atoms with Crippen molar-refractivity contribution in [3.05, 3.63) is 82.7 Å². The van der Waals surface area contributed by atoms with E-state index < -0.39 is 0 Å². The lowest BCUT2D eigenvalue weighted by molar-refractivity contribution is 0.302. The van der Waals surface area contributed by atoms with Gasteiger partial charge in [0.2, 0.25) is 0 Å². The van der Waals surface area contributed by atoms with E-state index in [1.54, 1.807) is 0 Å². The van der Waals surface area contributed by atoms with Crippen LogP contribution < -0.4 is 0 Å². The summed E-state index contributed by atoms with van der Waals surface area (Å²) in [7, 11) is 0. The van der Waals surface area contributed by atoms with E-state index in [2.05, 4.69) is 62.1 Å². The minimum atomic E-state index is -0.201. The van der Waals surface area contributed by atoms with Crippen molar-refractivity contribution in [3.63, 3.8) is 0 Å². The summed E-state index contributed by atoms with van der Waals surface area (Å²) in [5.41, 5.74) is 4.18. The van der Waals surface area contributed by atoms with Crippen LogP contribution in [-0.2, 0) is 6.42 Å². The molecule has 1 saturated carbocycles. The van der Waals surface area contributed by atoms with E-state index in [-0.39, 0.29) is 5.82 Å². The summed E-state index contributed by atoms with van der Waals surface area (Å²) in [5, 5.41) is 1.64. The zero-order valence-corrected chi connectivity index (χ0v) is 24.5. The summed E-state index contributed by atoms with van der Waals surface area (Å²) in [6.45, 7) is 4.53. The van der Waals surface area contributed by atoms with Gasteiger partial charge in [-0.2, -0.15) is 0 Å². The Labute approximate surface area is 237 Å². The lowest BCUT2D eigenvalue weighted by atomic mass is 9.77. The molecule has 0 heterocycles. The van der Waals surface area contributed by atoms with Gasteiger partial charge in [-0.3, -0.25) is 0 Å². The minimum Gasteiger partial charge on any atom is -0.205 e. The number of rotatable bonds is 13. The third-order valence-electron chi connectivity index (χ3n) is 8.87. The normalized spacial score (nSPS) is 17.2. The molecule has 1 aliphatic carbocycles. The van der Waals surface area contributed by atoms with Crippen molar-refractivity contribution >= 4 is 10.8 Å². The van der Waals surface area contributed by atoms with E-state index in [9.17, 15) is 0 Å². The molecule has 3 aromatic rings. The highest BCUT2D eigenvalue weighted by molar-refractivity contribution is 5.85. The number of halogens is 1. The van der Waals surface area contributed by atoms with Crippen molar-refractivity contribution < 1.29 is 4.39 Å². The SMILES string of the molecule is CCCCCCCc1ccc2c(F)c(C#Cc3ccc(C4CCC(CCCCCCC)CC4)cc3)ccc2c1. The van der Waals surface area contributed by atoms with Crippen molar-refractivity contribution in [3.8, 4) is 11.8 Å². The summed E-state index contributed by atoms with van der Waals surface area (Å²) in [4.78, 5) is 0. The average molecular weight is 525 g/mol. The molecule has 0 bridgehead atoms. The van der Waals surface area contributed by atoms with Gasteiger partial charge in [0.1, 0.15) is 5.82 Å². The van der Waals surface area contributed by atoms with Crippen molar-refractivity contribution in [1.82, 2.24) is 0 Å². The molecule has 3 aromatic carbocycles. The Morgan fingerprint density at radius 2 is 1.38 bits per heavy atom. The van der Waals surface area contributed by atoms with Crippen LogP contribution in [0, 0.1) is 23.6 Å². The Bertz CT molecular complexity index is 1200. The maximum Gasteiger partial charge on any atom is 0.146 e. The van der Waals surface area contributed by atoms with E-state index in [1.807, 2.05) is 18.2 Å². The van der Waals surface area contributed by atoms with Gasteiger partial charge in [0.25, 0.3) is 0 Å². The molecule has 39 heavy (non-hydrogen) atoms. The maximum atomic E-state index is 15.3. The molecule has 4 rings (SSSR count). The second-order valence-electron chi connectivity index (χ2n) is 11.9. The Morgan fingerprint density at radius 1 is 0.692 bits per heavy atom. The van der Waals surface area contributed by atoms with Crippen LogP contribution >= 0.6 is 0 Å². The first kappa shape index (κ1) is 29.4. The highest BCUT2D eigenvalue weighted by Crippen LogP contribution is 2.37. The second kappa shape index (κ2) is 15.9. The van der Waals surface area contributed by atoms with Crippen molar-refractivity contribution in [2.75, 3.05) is 0 Å². The Kier molecular flexibility index (Phi) is 12.0. The molecule has 0 saturated heterocycles. The third kappa shape index (κ3) is 8.96. The van der Waals surface area contributed by atoms with Gasteiger partial charge in [-0.15, -0.1) is 0 Å². The molecule has 208 valence electrons. The van der Waals surface area contributed by atoms with Gasteiger partial charge in [0, 0.05) is 10.9 Å². The summed E-state index contributed by atoms with van der Waals surface area (Å²) in [5.74, 6) is 7.73. The molecule has 0 unspecified atom stereocenters. The monoisotopic (exact) mass is 524 g/mol. The van der Waals surface area contributed by atoms with Crippen LogP contribution in [0.1, 0.15) is 138 Å². The van der Waals surface area contributed by atoms with E-state index in [0.717, 1.165) is 23.3 Å². The number of hydrogen-bond acceptors (Lipinski definition) is 0. The first-order chi connectivity index (χ1) is 19.2. The number of hydrogen-bond donors (Lipinski definition) is 0. The van der Waals surface area contributed by atoms with Gasteiger partial charge in [-0.05, 0) is 85.1 Å². The van der Waals surface area contributed by atoms with Crippen LogP contribution in [0.4, 0.5) is 4.39 Å². The molecule has 1 aliphatic rings. The van der Waals surface area contributed by atoms with Crippen molar-refractivity contribution in [1.29, 1.82) is 0 Å². The predicted octanol–water partition coefficient (Wildman–Crippen LogP) is 11.5. The first-order valence-electron chi connectivity index (χ1n) is 16.0. The number of unbranched alkanes of at least 4 members (excludes halogenated alkanes) is 8.